The number of halogens is 4. The van der Waals surface area contributed by atoms with Crippen LogP contribution in [0.5, 0.6) is 5.75 Å². The van der Waals surface area contributed by atoms with Crippen molar-refractivity contribution in [1.29, 1.82) is 0 Å². The van der Waals surface area contributed by atoms with Gasteiger partial charge in [-0.1, -0.05) is 17.3 Å². The van der Waals surface area contributed by atoms with Gasteiger partial charge in [0.25, 0.3) is 0 Å². The Hall–Kier alpha value is -5.83. The molecule has 1 unspecified atom stereocenters. The fourth-order valence-corrected chi connectivity index (χ4v) is 6.54. The van der Waals surface area contributed by atoms with E-state index in [0.717, 1.165) is 59.1 Å². The van der Waals surface area contributed by atoms with Crippen LogP contribution < -0.4 is 10.1 Å². The van der Waals surface area contributed by atoms with Gasteiger partial charge in [0.05, 0.1) is 17.4 Å². The highest BCUT2D eigenvalue weighted by atomic mass is 19.4. The van der Waals surface area contributed by atoms with Crippen molar-refractivity contribution >= 4 is 22.6 Å². The van der Waals surface area contributed by atoms with Gasteiger partial charge >= 0.3 is 12.4 Å². The van der Waals surface area contributed by atoms with Gasteiger partial charge in [-0.25, -0.2) is 19.1 Å². The van der Waals surface area contributed by atoms with Crippen LogP contribution in [0.4, 0.5) is 28.0 Å². The van der Waals surface area contributed by atoms with Crippen LogP contribution >= 0.6 is 0 Å². The van der Waals surface area contributed by atoms with Crippen LogP contribution in [0.3, 0.4) is 0 Å². The number of rotatable bonds is 6. The molecule has 0 radical (unpaired) electrons. The number of alkyl halides is 3. The summed E-state index contributed by atoms with van der Waals surface area (Å²) >= 11 is 0. The molecule has 1 fully saturated rings. The Balaban J connectivity index is 1.05. The molecule has 15 heteroatoms. The van der Waals surface area contributed by atoms with E-state index in [1.165, 1.54) is 18.3 Å². The molecule has 2 aliphatic rings. The fraction of sp³-hybridized carbons (Fsp3) is 0.250. The number of amides is 2. The molecule has 0 aliphatic carbocycles. The van der Waals surface area contributed by atoms with Gasteiger partial charge in [0.15, 0.2) is 6.23 Å². The summed E-state index contributed by atoms with van der Waals surface area (Å²) in [5, 5.41) is 17.4. The first-order valence-corrected chi connectivity index (χ1v) is 16.4. The molecule has 6 aromatic rings. The zero-order valence-corrected chi connectivity index (χ0v) is 27.0. The molecule has 5 heterocycles. The van der Waals surface area contributed by atoms with Crippen LogP contribution in [-0.4, -0.2) is 60.2 Å². The quantitative estimate of drug-likeness (QED) is 0.140. The molecule has 8 rings (SSSR count). The first-order valence-electron chi connectivity index (χ1n) is 16.4. The number of pyridine rings is 1. The highest BCUT2D eigenvalue weighted by Gasteiger charge is 2.31. The van der Waals surface area contributed by atoms with Gasteiger partial charge < -0.3 is 19.7 Å². The topological polar surface area (TPSA) is 112 Å². The van der Waals surface area contributed by atoms with Gasteiger partial charge in [0.1, 0.15) is 17.1 Å². The largest absolute Gasteiger partial charge is 0.573 e. The molecular formula is C36H30F4N8O3. The normalized spacial score (nSPS) is 16.2. The molecule has 2 aliphatic heterocycles. The summed E-state index contributed by atoms with van der Waals surface area (Å²) in [7, 11) is 0. The standard InChI is InChI=1S/C36H30F4N8O3/c37-34-28(4-3-15-41-34)23-7-13-31-29(19-23)33(44-48(31)32-5-1-2-17-50-32)30-21-47(45-43-30)26-10-6-22-14-16-46(20-24(22)18-26)35(49)42-25-8-11-27(12-9-25)51-36(38,39)40/h3-4,6-13,15,18-19,21,32H,1-2,5,14,16-17,20H2,(H,42,49). The molecule has 1 saturated heterocycles. The second-order valence-electron chi connectivity index (χ2n) is 12.4. The van der Waals surface area contributed by atoms with Crippen molar-refractivity contribution in [2.24, 2.45) is 0 Å². The number of aromatic nitrogens is 6. The van der Waals surface area contributed by atoms with Gasteiger partial charge in [0.2, 0.25) is 5.95 Å². The Kier molecular flexibility index (Phi) is 8.34. The van der Waals surface area contributed by atoms with Crippen LogP contribution in [0, 0.1) is 5.95 Å². The number of fused-ring (bicyclic) bond motifs is 2. The first kappa shape index (κ1) is 32.4. The van der Waals surface area contributed by atoms with Crippen LogP contribution in [0.25, 0.3) is 39.1 Å². The average molecular weight is 699 g/mol. The predicted molar refractivity (Wildman–Crippen MR) is 178 cm³/mol. The molecule has 11 nitrogen and oxygen atoms in total. The lowest BCUT2D eigenvalue weighted by Crippen LogP contribution is -2.38. The molecule has 51 heavy (non-hydrogen) atoms. The first-order chi connectivity index (χ1) is 24.7. The van der Waals surface area contributed by atoms with E-state index in [-0.39, 0.29) is 18.0 Å². The molecule has 0 saturated carbocycles. The Bertz CT molecular complexity index is 2230. The third-order valence-electron chi connectivity index (χ3n) is 9.03. The van der Waals surface area contributed by atoms with Gasteiger partial charge in [-0.3, -0.25) is 0 Å². The van der Waals surface area contributed by atoms with Crippen molar-refractivity contribution in [2.45, 2.75) is 44.8 Å². The Morgan fingerprint density at radius 1 is 1.00 bits per heavy atom. The van der Waals surface area contributed by atoms with Gasteiger partial charge in [-0.05, 0) is 103 Å². The number of anilines is 1. The van der Waals surface area contributed by atoms with E-state index < -0.39 is 12.3 Å². The van der Waals surface area contributed by atoms with Gasteiger partial charge in [-0.15, -0.1) is 18.3 Å². The number of urea groups is 1. The predicted octanol–water partition coefficient (Wildman–Crippen LogP) is 7.67. The maximum atomic E-state index is 14.7. The molecule has 2 amide bonds. The van der Waals surface area contributed by atoms with Crippen LogP contribution in [0.15, 0.2) is 85.2 Å². The smallest absolute Gasteiger partial charge is 0.406 e. The number of ether oxygens (including phenoxy) is 2. The number of hydrogen-bond acceptors (Lipinski definition) is 7. The lowest BCUT2D eigenvalue weighted by atomic mass is 9.99. The van der Waals surface area contributed by atoms with Crippen molar-refractivity contribution < 1.29 is 31.8 Å². The lowest BCUT2D eigenvalue weighted by molar-refractivity contribution is -0.274. The van der Waals surface area contributed by atoms with E-state index in [0.29, 0.717) is 54.3 Å². The maximum absolute atomic E-state index is 14.7. The number of benzene rings is 3. The molecule has 0 spiro atoms. The monoisotopic (exact) mass is 698 g/mol. The minimum Gasteiger partial charge on any atom is -0.406 e. The average Bonchev–Trinajstić information content (AvgIpc) is 3.77. The van der Waals surface area contributed by atoms with E-state index in [9.17, 15) is 22.4 Å². The third-order valence-corrected chi connectivity index (χ3v) is 9.03. The Labute approximate surface area is 288 Å². The van der Waals surface area contributed by atoms with Crippen molar-refractivity contribution in [1.82, 2.24) is 34.7 Å². The summed E-state index contributed by atoms with van der Waals surface area (Å²) in [5.41, 5.74) is 6.04. The summed E-state index contributed by atoms with van der Waals surface area (Å²) in [5.74, 6) is -0.940. The minimum absolute atomic E-state index is 0.241. The van der Waals surface area contributed by atoms with Crippen molar-refractivity contribution in [3.05, 3.63) is 102 Å². The summed E-state index contributed by atoms with van der Waals surface area (Å²) in [6, 6.07) is 19.5. The van der Waals surface area contributed by atoms with E-state index in [2.05, 4.69) is 25.3 Å². The van der Waals surface area contributed by atoms with Crippen LogP contribution in [0.2, 0.25) is 0 Å². The Morgan fingerprint density at radius 2 is 1.86 bits per heavy atom. The molecule has 260 valence electrons. The van der Waals surface area contributed by atoms with Crippen molar-refractivity contribution in [3.63, 3.8) is 0 Å². The summed E-state index contributed by atoms with van der Waals surface area (Å²) in [6.45, 7) is 1.42. The molecule has 0 bridgehead atoms. The number of carbonyl (C=O) groups is 1. The molecule has 1 N–H and O–H groups in total. The second-order valence-corrected chi connectivity index (χ2v) is 12.4. The third kappa shape index (κ3) is 6.71. The molecule has 3 aromatic carbocycles. The summed E-state index contributed by atoms with van der Waals surface area (Å²) < 4.78 is 65.7. The second kappa shape index (κ2) is 13.1. The highest BCUT2D eigenvalue weighted by Crippen LogP contribution is 2.35. The maximum Gasteiger partial charge on any atom is 0.573 e. The van der Waals surface area contributed by atoms with Crippen molar-refractivity contribution in [3.8, 4) is 34.0 Å². The number of carbonyl (C=O) groups excluding carboxylic acids is 1. The van der Waals surface area contributed by atoms with E-state index in [4.69, 9.17) is 9.84 Å². The number of nitrogens with one attached hydrogen (secondary N) is 1. The summed E-state index contributed by atoms with van der Waals surface area (Å²) in [6.07, 6.45) is 1.60. The zero-order valence-electron chi connectivity index (χ0n) is 27.0. The minimum atomic E-state index is -4.80. The number of nitrogens with zero attached hydrogens (tertiary/aromatic N) is 7. The Morgan fingerprint density at radius 3 is 2.65 bits per heavy atom. The summed E-state index contributed by atoms with van der Waals surface area (Å²) in [4.78, 5) is 18.5. The molecular weight excluding hydrogens is 668 g/mol. The van der Waals surface area contributed by atoms with Gasteiger partial charge in [0, 0.05) is 42.5 Å². The lowest BCUT2D eigenvalue weighted by Gasteiger charge is -2.29. The highest BCUT2D eigenvalue weighted by molar-refractivity contribution is 5.95. The fourth-order valence-electron chi connectivity index (χ4n) is 6.54. The van der Waals surface area contributed by atoms with Crippen molar-refractivity contribution in [2.75, 3.05) is 18.5 Å². The molecule has 3 aromatic heterocycles. The zero-order chi connectivity index (χ0) is 35.1. The molecule has 1 atom stereocenters. The van der Waals surface area contributed by atoms with E-state index in [1.807, 2.05) is 41.1 Å². The SMILES string of the molecule is O=C(Nc1ccc(OC(F)(F)F)cc1)N1CCc2ccc(-n3cc(-c4nn(C5CCCCO5)c5ccc(-c6cccnc6F)cc45)nn3)cc2C1. The number of hydrogen-bond donors (Lipinski definition) is 1. The van der Waals surface area contributed by atoms with Gasteiger partial charge in [-0.2, -0.15) is 9.49 Å². The van der Waals surface area contributed by atoms with Crippen LogP contribution in [0.1, 0.15) is 36.6 Å². The van der Waals surface area contributed by atoms with E-state index in [1.54, 1.807) is 27.9 Å². The van der Waals surface area contributed by atoms with E-state index >= 15 is 0 Å². The van der Waals surface area contributed by atoms with Crippen LogP contribution in [-0.2, 0) is 17.7 Å².